The molecule has 0 radical (unpaired) electrons. The number of likely N-dealkylation sites (tertiary alicyclic amines) is 1. The predicted octanol–water partition coefficient (Wildman–Crippen LogP) is 8.03. The van der Waals surface area contributed by atoms with E-state index in [4.69, 9.17) is 15.9 Å². The molecule has 3 aliphatic heterocycles. The molecule has 1 fully saturated rings. The summed E-state index contributed by atoms with van der Waals surface area (Å²) in [5.41, 5.74) is 4.29. The third-order valence-electron chi connectivity index (χ3n) is 10.0. The molecule has 2 unspecified atom stereocenters. The molecular weight excluding hydrogens is 587 g/mol. The van der Waals surface area contributed by atoms with Crippen LogP contribution in [-0.2, 0) is 10.2 Å². The molecule has 2 atom stereocenters. The molecule has 1 saturated heterocycles. The molecule has 0 amide bonds. The molecule has 7 heteroatoms. The molecule has 2 aromatic rings. The van der Waals surface area contributed by atoms with Gasteiger partial charge in [0.25, 0.3) is 0 Å². The molecule has 3 heterocycles. The smallest absolute Gasteiger partial charge is 0.314 e. The lowest BCUT2D eigenvalue weighted by atomic mass is 9.72. The Morgan fingerprint density at radius 1 is 1.11 bits per heavy atom. The van der Waals surface area contributed by atoms with E-state index in [0.717, 1.165) is 79.9 Å². The van der Waals surface area contributed by atoms with Crippen molar-refractivity contribution in [3.8, 4) is 23.8 Å². The predicted molar refractivity (Wildman–Crippen MR) is 183 cm³/mol. The second-order valence-electron chi connectivity index (χ2n) is 13.7. The number of carbonyl (C=O) groups is 1. The van der Waals surface area contributed by atoms with Gasteiger partial charge in [0.1, 0.15) is 22.9 Å². The first-order chi connectivity index (χ1) is 21.1. The van der Waals surface area contributed by atoms with Gasteiger partial charge >= 0.3 is 5.97 Å². The number of piperidine rings is 1. The quantitative estimate of drug-likeness (QED) is 0.150. The Balaban J connectivity index is 0.00000461. The minimum atomic E-state index is -0.511. The molecule has 5 rings (SSSR count). The molecule has 45 heavy (non-hydrogen) atoms. The number of rotatable bonds is 10. The minimum absolute atomic E-state index is 0. The fraction of sp³-hybridized carbons (Fsp3) is 0.553. The molecule has 0 N–H and O–H groups in total. The van der Waals surface area contributed by atoms with Crippen molar-refractivity contribution in [1.29, 1.82) is 0 Å². The van der Waals surface area contributed by atoms with E-state index in [1.54, 1.807) is 0 Å². The SMILES string of the molecule is C#CCN1CCC2=C(C1)c1c(OC(=O)C(C)CCN3CCCCC3)cc(C(C)(CCC)c3ccc(F)cc3)cc1OC2(C)C.Cl. The van der Waals surface area contributed by atoms with Gasteiger partial charge in [0.15, 0.2) is 0 Å². The molecule has 0 aromatic heterocycles. The fourth-order valence-electron chi connectivity index (χ4n) is 7.34. The summed E-state index contributed by atoms with van der Waals surface area (Å²) < 4.78 is 27.2. The number of halogens is 2. The maximum Gasteiger partial charge on any atom is 0.314 e. The summed E-state index contributed by atoms with van der Waals surface area (Å²) in [5.74, 6) is 3.35. The lowest BCUT2D eigenvalue weighted by Gasteiger charge is -2.43. The maximum atomic E-state index is 14.0. The zero-order chi connectivity index (χ0) is 31.5. The van der Waals surface area contributed by atoms with Crippen LogP contribution in [0.15, 0.2) is 42.0 Å². The van der Waals surface area contributed by atoms with Crippen LogP contribution in [-0.4, -0.2) is 60.6 Å². The van der Waals surface area contributed by atoms with Gasteiger partial charge in [-0.25, -0.2) is 4.39 Å². The summed E-state index contributed by atoms with van der Waals surface area (Å²) in [5, 5.41) is 0. The molecule has 0 saturated carbocycles. The largest absolute Gasteiger partial charge is 0.483 e. The second-order valence-corrected chi connectivity index (χ2v) is 13.7. The molecule has 0 spiro atoms. The Labute approximate surface area is 275 Å². The highest BCUT2D eigenvalue weighted by atomic mass is 35.5. The van der Waals surface area contributed by atoms with Gasteiger partial charge in [0.05, 0.1) is 18.0 Å². The van der Waals surface area contributed by atoms with E-state index in [9.17, 15) is 9.18 Å². The summed E-state index contributed by atoms with van der Waals surface area (Å²) in [6, 6.07) is 10.9. The van der Waals surface area contributed by atoms with Crippen molar-refractivity contribution in [3.63, 3.8) is 0 Å². The van der Waals surface area contributed by atoms with Gasteiger partial charge in [-0.05, 0) is 112 Å². The summed E-state index contributed by atoms with van der Waals surface area (Å²) in [6.45, 7) is 15.8. The van der Waals surface area contributed by atoms with Gasteiger partial charge < -0.3 is 14.4 Å². The van der Waals surface area contributed by atoms with E-state index in [1.807, 2.05) is 25.1 Å². The second kappa shape index (κ2) is 14.7. The number of ether oxygens (including phenoxy) is 2. The lowest BCUT2D eigenvalue weighted by Crippen LogP contribution is -2.42. The van der Waals surface area contributed by atoms with Crippen molar-refractivity contribution in [1.82, 2.24) is 9.80 Å². The topological polar surface area (TPSA) is 42.0 Å². The Hall–Kier alpha value is -2.85. The third-order valence-corrected chi connectivity index (χ3v) is 10.0. The highest BCUT2D eigenvalue weighted by Crippen LogP contribution is 2.51. The van der Waals surface area contributed by atoms with Crippen LogP contribution in [0.25, 0.3) is 5.57 Å². The van der Waals surface area contributed by atoms with Crippen LogP contribution in [0.4, 0.5) is 4.39 Å². The van der Waals surface area contributed by atoms with E-state index in [0.29, 0.717) is 18.8 Å². The number of fused-ring (bicyclic) bond motifs is 2. The molecular formula is C38H50ClFN2O3. The minimum Gasteiger partial charge on any atom is -0.483 e. The molecule has 2 aromatic carbocycles. The third kappa shape index (κ3) is 7.59. The van der Waals surface area contributed by atoms with Crippen LogP contribution in [0, 0.1) is 24.1 Å². The van der Waals surface area contributed by atoms with E-state index in [1.165, 1.54) is 37.0 Å². The van der Waals surface area contributed by atoms with Crippen molar-refractivity contribution in [2.24, 2.45) is 5.92 Å². The summed E-state index contributed by atoms with van der Waals surface area (Å²) in [4.78, 5) is 18.5. The van der Waals surface area contributed by atoms with Crippen molar-refractivity contribution in [2.75, 3.05) is 39.3 Å². The summed E-state index contributed by atoms with van der Waals surface area (Å²) in [6.07, 6.45) is 12.8. The van der Waals surface area contributed by atoms with Crippen LogP contribution in [0.3, 0.4) is 0 Å². The average Bonchev–Trinajstić information content (AvgIpc) is 3.00. The van der Waals surface area contributed by atoms with Gasteiger partial charge in [-0.1, -0.05) is 51.7 Å². The number of hydrogen-bond acceptors (Lipinski definition) is 5. The lowest BCUT2D eigenvalue weighted by molar-refractivity contribution is -0.138. The van der Waals surface area contributed by atoms with E-state index < -0.39 is 11.0 Å². The van der Waals surface area contributed by atoms with E-state index >= 15 is 0 Å². The van der Waals surface area contributed by atoms with Gasteiger partial charge in [0.2, 0.25) is 0 Å². The van der Waals surface area contributed by atoms with Crippen LogP contribution in [0.2, 0.25) is 0 Å². The van der Waals surface area contributed by atoms with Gasteiger partial charge in [0, 0.05) is 18.5 Å². The number of hydrogen-bond donors (Lipinski definition) is 0. The Morgan fingerprint density at radius 2 is 1.82 bits per heavy atom. The molecule has 0 aliphatic carbocycles. The van der Waals surface area contributed by atoms with Gasteiger partial charge in [-0.15, -0.1) is 18.8 Å². The van der Waals surface area contributed by atoms with Crippen molar-refractivity contribution >= 4 is 23.9 Å². The Morgan fingerprint density at radius 3 is 2.49 bits per heavy atom. The Kier molecular flexibility index (Phi) is 11.4. The van der Waals surface area contributed by atoms with Crippen LogP contribution in [0.5, 0.6) is 11.5 Å². The Bertz CT molecular complexity index is 1420. The maximum absolute atomic E-state index is 14.0. The monoisotopic (exact) mass is 636 g/mol. The van der Waals surface area contributed by atoms with Gasteiger partial charge in [-0.2, -0.15) is 0 Å². The molecule has 5 nitrogen and oxygen atoms in total. The first-order valence-corrected chi connectivity index (χ1v) is 16.5. The van der Waals surface area contributed by atoms with Crippen molar-refractivity contribution < 1.29 is 18.7 Å². The first kappa shape index (κ1) is 35.0. The standard InChI is InChI=1S/C38H49FN2O3.ClH/c1-7-18-38(6,28-12-14-30(39)15-13-28)29-24-33(43-36(42)27(3)16-22-40-20-10-9-11-21-40)35-31-26-41(19-8-2)23-17-32(31)37(4,5)44-34(35)25-29;/h2,12-15,24-25,27H,7,9-11,16-23,26H2,1,3-6H3;1H. The number of benzene rings is 2. The molecule has 0 bridgehead atoms. The fourth-order valence-corrected chi connectivity index (χ4v) is 7.34. The number of nitrogens with zero attached hydrogens (tertiary/aromatic N) is 2. The van der Waals surface area contributed by atoms with Crippen LogP contribution < -0.4 is 9.47 Å². The van der Waals surface area contributed by atoms with Crippen molar-refractivity contribution in [2.45, 2.75) is 90.6 Å². The highest BCUT2D eigenvalue weighted by molar-refractivity contribution is 5.86. The number of esters is 1. The summed E-state index contributed by atoms with van der Waals surface area (Å²) in [7, 11) is 0. The van der Waals surface area contributed by atoms with Crippen LogP contribution >= 0.6 is 12.4 Å². The van der Waals surface area contributed by atoms with Crippen molar-refractivity contribution in [3.05, 3.63) is 64.5 Å². The summed E-state index contributed by atoms with van der Waals surface area (Å²) >= 11 is 0. The van der Waals surface area contributed by atoms with Crippen LogP contribution in [0.1, 0.15) is 96.3 Å². The van der Waals surface area contributed by atoms with E-state index in [2.05, 4.69) is 49.5 Å². The van der Waals surface area contributed by atoms with E-state index in [-0.39, 0.29) is 30.1 Å². The zero-order valence-electron chi connectivity index (χ0n) is 27.7. The zero-order valence-corrected chi connectivity index (χ0v) is 28.5. The number of terminal acetylenes is 1. The molecule has 3 aliphatic rings. The van der Waals surface area contributed by atoms with Gasteiger partial charge in [-0.3, -0.25) is 9.69 Å². The first-order valence-electron chi connectivity index (χ1n) is 16.5. The average molecular weight is 637 g/mol. The molecule has 244 valence electrons. The number of carbonyl (C=O) groups excluding carboxylic acids is 1. The normalized spacial score (nSPS) is 20.0. The highest BCUT2D eigenvalue weighted by Gasteiger charge is 2.41.